The van der Waals surface area contributed by atoms with Gasteiger partial charge in [0.05, 0.1) is 6.67 Å². The minimum Gasteiger partial charge on any atom is -0.384 e. The van der Waals surface area contributed by atoms with Crippen LogP contribution in [0, 0.1) is 5.92 Å². The van der Waals surface area contributed by atoms with Crippen LogP contribution in [0.25, 0.3) is 12.3 Å². The average molecular weight is 318 g/mol. The topological polar surface area (TPSA) is 57.3 Å². The molecule has 124 valence electrons. The molecular formula is C15H21F3N2O2. The second-order valence-corrected chi connectivity index (χ2v) is 5.84. The fraction of sp³-hybridized carbons (Fsp3) is 0.600. The fourth-order valence-electron chi connectivity index (χ4n) is 2.63. The number of aromatic nitrogens is 1. The molecule has 0 aromatic carbocycles. The molecule has 22 heavy (non-hydrogen) atoms. The van der Waals surface area contributed by atoms with Crippen LogP contribution in [0.5, 0.6) is 0 Å². The lowest BCUT2D eigenvalue weighted by Crippen LogP contribution is -2.41. The highest BCUT2D eigenvalue weighted by atomic mass is 19.3. The minimum absolute atomic E-state index is 0.263. The highest BCUT2D eigenvalue weighted by Crippen LogP contribution is 2.28. The third-order valence-electron chi connectivity index (χ3n) is 3.78. The Morgan fingerprint density at radius 1 is 1.45 bits per heavy atom. The predicted octanol–water partition coefficient (Wildman–Crippen LogP) is 0.643. The maximum atomic E-state index is 13.2. The van der Waals surface area contributed by atoms with E-state index in [1.807, 2.05) is 0 Å². The lowest BCUT2D eigenvalue weighted by atomic mass is 9.88. The van der Waals surface area contributed by atoms with Gasteiger partial charge in [0, 0.05) is 36.0 Å². The van der Waals surface area contributed by atoms with Crippen molar-refractivity contribution in [3.8, 4) is 0 Å². The van der Waals surface area contributed by atoms with Gasteiger partial charge in [-0.1, -0.05) is 6.92 Å². The standard InChI is InChI=1S/C15H21F3N2O2/c1-9(7-16)5-15(21,14(17)18)6-11-3-10-8-19-13(22-2)4-12(10)20-11/h3-4,8-9,13-14,19-21H,5-7H2,1-2H3. The van der Waals surface area contributed by atoms with Crippen LogP contribution in [0.15, 0.2) is 6.07 Å². The first kappa shape index (κ1) is 16.9. The molecule has 0 saturated carbocycles. The summed E-state index contributed by atoms with van der Waals surface area (Å²) in [5.74, 6) is -0.624. The molecule has 3 N–H and O–H groups in total. The molecule has 1 aliphatic heterocycles. The molecule has 1 aromatic heterocycles. The molecule has 1 aromatic rings. The molecule has 0 amide bonds. The van der Waals surface area contributed by atoms with Crippen LogP contribution < -0.4 is 15.9 Å². The zero-order chi connectivity index (χ0) is 16.3. The molecule has 0 fully saturated rings. The lowest BCUT2D eigenvalue weighted by molar-refractivity contribution is -0.109. The third kappa shape index (κ3) is 3.64. The van der Waals surface area contributed by atoms with Crippen molar-refractivity contribution in [2.75, 3.05) is 13.8 Å². The average Bonchev–Trinajstić information content (AvgIpc) is 2.87. The summed E-state index contributed by atoms with van der Waals surface area (Å²) in [6, 6.07) is 1.69. The maximum absolute atomic E-state index is 13.2. The van der Waals surface area contributed by atoms with Crippen molar-refractivity contribution in [2.24, 2.45) is 5.92 Å². The molecule has 1 aliphatic rings. The number of rotatable bonds is 7. The summed E-state index contributed by atoms with van der Waals surface area (Å²) in [6.45, 7) is 0.763. The first-order valence-electron chi connectivity index (χ1n) is 7.13. The summed E-state index contributed by atoms with van der Waals surface area (Å²) in [4.78, 5) is 3.01. The summed E-state index contributed by atoms with van der Waals surface area (Å²) in [5.41, 5.74) is -1.77. The predicted molar refractivity (Wildman–Crippen MR) is 77.3 cm³/mol. The van der Waals surface area contributed by atoms with E-state index in [-0.39, 0.29) is 19.1 Å². The van der Waals surface area contributed by atoms with Gasteiger partial charge in [-0.15, -0.1) is 0 Å². The number of H-pyrrole nitrogens is 1. The molecular weight excluding hydrogens is 297 g/mol. The van der Waals surface area contributed by atoms with Crippen LogP contribution in [0.3, 0.4) is 0 Å². The SMILES string of the molecule is COC1C=c2[nH]c(CC(O)(CC(C)CF)C(F)F)cc2=CN1. The van der Waals surface area contributed by atoms with Gasteiger partial charge in [-0.2, -0.15) is 0 Å². The van der Waals surface area contributed by atoms with Gasteiger partial charge in [0.1, 0.15) is 11.8 Å². The molecule has 0 bridgehead atoms. The summed E-state index contributed by atoms with van der Waals surface area (Å²) < 4.78 is 44.2. The van der Waals surface area contributed by atoms with E-state index in [0.717, 1.165) is 10.6 Å². The van der Waals surface area contributed by atoms with Gasteiger partial charge in [-0.3, -0.25) is 4.39 Å². The van der Waals surface area contributed by atoms with E-state index in [1.165, 1.54) is 6.92 Å². The number of nitrogens with one attached hydrogen (secondary N) is 2. The van der Waals surface area contributed by atoms with Gasteiger partial charge in [0.25, 0.3) is 6.43 Å². The van der Waals surface area contributed by atoms with E-state index >= 15 is 0 Å². The zero-order valence-electron chi connectivity index (χ0n) is 12.6. The van der Waals surface area contributed by atoms with Crippen molar-refractivity contribution in [1.82, 2.24) is 10.3 Å². The Kier molecular flexibility index (Phi) is 5.18. The van der Waals surface area contributed by atoms with E-state index in [9.17, 15) is 18.3 Å². The second kappa shape index (κ2) is 6.75. The molecule has 7 heteroatoms. The van der Waals surface area contributed by atoms with Crippen molar-refractivity contribution in [3.05, 3.63) is 22.3 Å². The van der Waals surface area contributed by atoms with Crippen LogP contribution in [-0.4, -0.2) is 42.1 Å². The van der Waals surface area contributed by atoms with Crippen LogP contribution in [0.4, 0.5) is 13.2 Å². The first-order valence-corrected chi connectivity index (χ1v) is 7.13. The number of methoxy groups -OCH3 is 1. The number of aromatic amines is 1. The molecule has 4 nitrogen and oxygen atoms in total. The first-order chi connectivity index (χ1) is 10.4. The summed E-state index contributed by atoms with van der Waals surface area (Å²) >= 11 is 0. The number of ether oxygens (including phenoxy) is 1. The fourth-order valence-corrected chi connectivity index (χ4v) is 2.63. The van der Waals surface area contributed by atoms with Gasteiger partial charge in [-0.05, 0) is 24.5 Å². The van der Waals surface area contributed by atoms with Gasteiger partial charge in [0.2, 0.25) is 0 Å². The van der Waals surface area contributed by atoms with Crippen molar-refractivity contribution in [1.29, 1.82) is 0 Å². The van der Waals surface area contributed by atoms with Crippen LogP contribution in [0.2, 0.25) is 0 Å². The Bertz CT molecular complexity index is 617. The Morgan fingerprint density at radius 3 is 2.77 bits per heavy atom. The highest BCUT2D eigenvalue weighted by Gasteiger charge is 2.39. The summed E-state index contributed by atoms with van der Waals surface area (Å²) in [6.07, 6.45) is -0.294. The van der Waals surface area contributed by atoms with E-state index in [2.05, 4.69) is 10.3 Å². The van der Waals surface area contributed by atoms with E-state index in [1.54, 1.807) is 25.5 Å². The highest BCUT2D eigenvalue weighted by molar-refractivity contribution is 5.39. The van der Waals surface area contributed by atoms with Crippen molar-refractivity contribution in [2.45, 2.75) is 38.0 Å². The zero-order valence-corrected chi connectivity index (χ0v) is 12.6. The van der Waals surface area contributed by atoms with E-state index < -0.39 is 24.6 Å². The van der Waals surface area contributed by atoms with E-state index in [0.29, 0.717) is 5.69 Å². The number of aliphatic hydroxyl groups is 1. The number of halogens is 3. The Labute approximate surface area is 126 Å². The molecule has 2 heterocycles. The number of alkyl halides is 3. The third-order valence-corrected chi connectivity index (χ3v) is 3.78. The molecule has 0 aliphatic carbocycles. The smallest absolute Gasteiger partial charge is 0.267 e. The monoisotopic (exact) mass is 318 g/mol. The number of fused-ring (bicyclic) bond motifs is 1. The number of hydrogen-bond donors (Lipinski definition) is 3. The Balaban J connectivity index is 2.24. The van der Waals surface area contributed by atoms with Gasteiger partial charge in [-0.25, -0.2) is 8.78 Å². The van der Waals surface area contributed by atoms with Gasteiger partial charge < -0.3 is 20.1 Å². The molecule has 3 unspecified atom stereocenters. The van der Waals surface area contributed by atoms with Crippen molar-refractivity contribution in [3.63, 3.8) is 0 Å². The Hall–Kier alpha value is -1.47. The van der Waals surface area contributed by atoms with Gasteiger partial charge in [0.15, 0.2) is 0 Å². The van der Waals surface area contributed by atoms with E-state index in [4.69, 9.17) is 4.74 Å². The van der Waals surface area contributed by atoms with Crippen LogP contribution in [0.1, 0.15) is 19.0 Å². The Morgan fingerprint density at radius 2 is 2.18 bits per heavy atom. The number of hydrogen-bond acceptors (Lipinski definition) is 3. The second-order valence-electron chi connectivity index (χ2n) is 5.84. The van der Waals surface area contributed by atoms with Crippen molar-refractivity contribution >= 4 is 12.3 Å². The largest absolute Gasteiger partial charge is 0.384 e. The lowest BCUT2D eigenvalue weighted by Gasteiger charge is -2.28. The van der Waals surface area contributed by atoms with Gasteiger partial charge >= 0.3 is 0 Å². The quantitative estimate of drug-likeness (QED) is 0.692. The molecule has 2 rings (SSSR count). The molecule has 0 saturated heterocycles. The molecule has 0 radical (unpaired) electrons. The van der Waals surface area contributed by atoms with Crippen LogP contribution >= 0.6 is 0 Å². The van der Waals surface area contributed by atoms with Crippen LogP contribution in [-0.2, 0) is 11.2 Å². The maximum Gasteiger partial charge on any atom is 0.267 e. The molecule has 3 atom stereocenters. The molecule has 0 spiro atoms. The van der Waals surface area contributed by atoms with Crippen molar-refractivity contribution < 1.29 is 23.0 Å². The normalized spacial score (nSPS) is 21.3. The summed E-state index contributed by atoms with van der Waals surface area (Å²) in [5, 5.41) is 14.7. The summed E-state index contributed by atoms with van der Waals surface area (Å²) in [7, 11) is 1.55. The minimum atomic E-state index is -2.94.